The van der Waals surface area contributed by atoms with Crippen molar-refractivity contribution in [2.75, 3.05) is 25.9 Å². The van der Waals surface area contributed by atoms with Crippen LogP contribution in [0, 0.1) is 0 Å². The molecule has 2 aromatic heterocycles. The van der Waals surface area contributed by atoms with Crippen LogP contribution in [-0.2, 0) is 6.42 Å². The molecule has 3 aromatic rings. The van der Waals surface area contributed by atoms with E-state index >= 15 is 0 Å². The van der Waals surface area contributed by atoms with Crippen LogP contribution >= 0.6 is 0 Å². The third-order valence-corrected chi connectivity index (χ3v) is 5.62. The van der Waals surface area contributed by atoms with E-state index in [2.05, 4.69) is 58.1 Å². The van der Waals surface area contributed by atoms with Gasteiger partial charge in [-0.05, 0) is 44.0 Å². The number of unbranched alkanes of at least 4 members (excludes halogenated alkanes) is 1. The second-order valence-electron chi connectivity index (χ2n) is 7.69. The van der Waals surface area contributed by atoms with Gasteiger partial charge in [0.1, 0.15) is 11.0 Å². The quantitative estimate of drug-likeness (QED) is 0.605. The number of nitrogens with one attached hydrogen (secondary N) is 1. The van der Waals surface area contributed by atoms with Crippen molar-refractivity contribution in [3.63, 3.8) is 0 Å². The first-order valence-corrected chi connectivity index (χ1v) is 10.2. The molecule has 0 saturated carbocycles. The van der Waals surface area contributed by atoms with Gasteiger partial charge in [0.15, 0.2) is 5.82 Å². The largest absolute Gasteiger partial charge is 0.463 e. The van der Waals surface area contributed by atoms with Crippen molar-refractivity contribution in [3.8, 4) is 6.01 Å². The number of nitrogens with two attached hydrogens (primary N) is 1. The number of nitrogen functional groups attached to an aromatic ring is 1. The minimum absolute atomic E-state index is 0.360. The van der Waals surface area contributed by atoms with E-state index in [1.165, 1.54) is 30.5 Å². The fraction of sp³-hybridized carbons (Fsp3) is 0.455. The van der Waals surface area contributed by atoms with Gasteiger partial charge in [-0.2, -0.15) is 9.97 Å². The van der Waals surface area contributed by atoms with Crippen molar-refractivity contribution >= 4 is 16.9 Å². The molecule has 1 unspecified atom stereocenters. The highest BCUT2D eigenvalue weighted by atomic mass is 16.5. The maximum atomic E-state index is 6.10. The van der Waals surface area contributed by atoms with Gasteiger partial charge in [-0.15, -0.1) is 0 Å². The van der Waals surface area contributed by atoms with Crippen molar-refractivity contribution in [2.45, 2.75) is 45.1 Å². The Bertz CT molecular complexity index is 934. The molecule has 1 aliphatic heterocycles. The average Bonchev–Trinajstić information content (AvgIpc) is 3.30. The predicted octanol–water partition coefficient (Wildman–Crippen LogP) is 4.08. The van der Waals surface area contributed by atoms with E-state index in [0.29, 0.717) is 24.5 Å². The van der Waals surface area contributed by atoms with Crippen molar-refractivity contribution in [2.24, 2.45) is 0 Å². The summed E-state index contributed by atoms with van der Waals surface area (Å²) in [5.41, 5.74) is 11.5. The molecule has 1 fully saturated rings. The maximum Gasteiger partial charge on any atom is 0.319 e. The van der Waals surface area contributed by atoms with Crippen LogP contribution in [0.15, 0.2) is 30.5 Å². The maximum absolute atomic E-state index is 6.10. The summed E-state index contributed by atoms with van der Waals surface area (Å²) in [6, 6.07) is 9.89. The Morgan fingerprint density at radius 3 is 2.79 bits per heavy atom. The topological polar surface area (TPSA) is 80.1 Å². The lowest BCUT2D eigenvalue weighted by atomic mass is 10.0. The zero-order valence-electron chi connectivity index (χ0n) is 16.7. The Morgan fingerprint density at radius 1 is 1.25 bits per heavy atom. The van der Waals surface area contributed by atoms with Gasteiger partial charge in [0.25, 0.3) is 0 Å². The summed E-state index contributed by atoms with van der Waals surface area (Å²) < 4.78 is 5.67. The van der Waals surface area contributed by atoms with Crippen LogP contribution in [0.25, 0.3) is 11.0 Å². The molecular weight excluding hydrogens is 350 g/mol. The number of aromatic amines is 1. The van der Waals surface area contributed by atoms with Crippen molar-refractivity contribution in [1.82, 2.24) is 19.9 Å². The number of benzene rings is 1. The van der Waals surface area contributed by atoms with Crippen LogP contribution in [0.3, 0.4) is 0 Å². The second-order valence-corrected chi connectivity index (χ2v) is 7.69. The smallest absolute Gasteiger partial charge is 0.319 e. The van der Waals surface area contributed by atoms with Gasteiger partial charge < -0.3 is 15.5 Å². The van der Waals surface area contributed by atoms with E-state index < -0.39 is 0 Å². The van der Waals surface area contributed by atoms with E-state index in [1.807, 2.05) is 6.20 Å². The lowest BCUT2D eigenvalue weighted by molar-refractivity contribution is 0.287. The summed E-state index contributed by atoms with van der Waals surface area (Å²) in [5.74, 6) is 0.433. The van der Waals surface area contributed by atoms with Gasteiger partial charge in [-0.3, -0.25) is 4.90 Å². The molecule has 0 aliphatic carbocycles. The molecular formula is C22H29N5O. The number of H-pyrrole nitrogens is 1. The summed E-state index contributed by atoms with van der Waals surface area (Å²) in [6.07, 6.45) is 7.34. The Balaban J connectivity index is 1.54. The minimum Gasteiger partial charge on any atom is -0.463 e. The number of fused-ring (bicyclic) bond motifs is 1. The number of hydrogen-bond acceptors (Lipinski definition) is 5. The highest BCUT2D eigenvalue weighted by molar-refractivity contribution is 5.87. The number of ether oxygens (including phenoxy) is 1. The average molecular weight is 380 g/mol. The van der Waals surface area contributed by atoms with Crippen molar-refractivity contribution < 1.29 is 4.74 Å². The van der Waals surface area contributed by atoms with Crippen molar-refractivity contribution in [1.29, 1.82) is 0 Å². The van der Waals surface area contributed by atoms with Crippen LogP contribution in [-0.4, -0.2) is 40.1 Å². The summed E-state index contributed by atoms with van der Waals surface area (Å²) in [5, 5.41) is 0. The zero-order chi connectivity index (χ0) is 19.5. The molecule has 0 amide bonds. The number of nitrogens with zero attached hydrogens (tertiary/aromatic N) is 3. The lowest BCUT2D eigenvalue weighted by Gasteiger charge is -2.19. The standard InChI is InChI=1S/C22H29N5O/c1-3-4-12-28-22-25-19-17(14-24-20(19)21(23)26-22)13-15-7-9-16(10-8-15)18-6-5-11-27(18)2/h7-10,14,18,24H,3-6,11-13H2,1-2H3,(H2,23,25,26). The first-order chi connectivity index (χ1) is 13.7. The Hall–Kier alpha value is -2.60. The zero-order valence-corrected chi connectivity index (χ0v) is 16.7. The third-order valence-electron chi connectivity index (χ3n) is 5.62. The van der Waals surface area contributed by atoms with Gasteiger partial charge in [0.2, 0.25) is 0 Å². The molecule has 148 valence electrons. The molecule has 6 nitrogen and oxygen atoms in total. The molecule has 1 aromatic carbocycles. The van der Waals surface area contributed by atoms with Gasteiger partial charge in [-0.25, -0.2) is 0 Å². The SMILES string of the molecule is CCCCOc1nc(N)c2[nH]cc(Cc3ccc(C4CCCN4C)cc3)c2n1. The van der Waals surface area contributed by atoms with Gasteiger partial charge in [0, 0.05) is 24.2 Å². The molecule has 3 N–H and O–H groups in total. The van der Waals surface area contributed by atoms with Crippen LogP contribution in [0.4, 0.5) is 5.82 Å². The Morgan fingerprint density at radius 2 is 2.07 bits per heavy atom. The van der Waals surface area contributed by atoms with Gasteiger partial charge in [0.05, 0.1) is 6.61 Å². The lowest BCUT2D eigenvalue weighted by Crippen LogP contribution is -2.17. The molecule has 4 rings (SSSR count). The monoisotopic (exact) mass is 379 g/mol. The number of aromatic nitrogens is 3. The molecule has 1 atom stereocenters. The molecule has 0 radical (unpaired) electrons. The predicted molar refractivity (Wildman–Crippen MR) is 113 cm³/mol. The summed E-state index contributed by atoms with van der Waals surface area (Å²) in [7, 11) is 2.21. The normalized spacial score (nSPS) is 17.4. The second kappa shape index (κ2) is 8.19. The summed E-state index contributed by atoms with van der Waals surface area (Å²) >= 11 is 0. The number of anilines is 1. The third kappa shape index (κ3) is 3.83. The molecule has 3 heterocycles. The first-order valence-electron chi connectivity index (χ1n) is 10.2. The van der Waals surface area contributed by atoms with E-state index in [1.54, 1.807) is 0 Å². The van der Waals surface area contributed by atoms with Crippen LogP contribution in [0.5, 0.6) is 6.01 Å². The highest BCUT2D eigenvalue weighted by Crippen LogP contribution is 2.31. The van der Waals surface area contributed by atoms with E-state index in [4.69, 9.17) is 10.5 Å². The van der Waals surface area contributed by atoms with E-state index in [9.17, 15) is 0 Å². The van der Waals surface area contributed by atoms with Gasteiger partial charge >= 0.3 is 6.01 Å². The molecule has 1 saturated heterocycles. The minimum atomic E-state index is 0.360. The molecule has 28 heavy (non-hydrogen) atoms. The fourth-order valence-corrected chi connectivity index (χ4v) is 3.98. The van der Waals surface area contributed by atoms with Crippen molar-refractivity contribution in [3.05, 3.63) is 47.2 Å². The molecule has 0 spiro atoms. The molecule has 0 bridgehead atoms. The number of rotatable bonds is 7. The van der Waals surface area contributed by atoms with Gasteiger partial charge in [-0.1, -0.05) is 37.6 Å². The Kier molecular flexibility index (Phi) is 5.48. The van der Waals surface area contributed by atoms with E-state index in [-0.39, 0.29) is 0 Å². The van der Waals surface area contributed by atoms with Crippen LogP contribution < -0.4 is 10.5 Å². The Labute approximate surface area is 166 Å². The van der Waals surface area contributed by atoms with Crippen LogP contribution in [0.1, 0.15) is 55.3 Å². The molecule has 6 heteroatoms. The van der Waals surface area contributed by atoms with E-state index in [0.717, 1.165) is 35.9 Å². The summed E-state index contributed by atoms with van der Waals surface area (Å²) in [4.78, 5) is 14.5. The fourth-order valence-electron chi connectivity index (χ4n) is 3.98. The number of hydrogen-bond donors (Lipinski definition) is 2. The highest BCUT2D eigenvalue weighted by Gasteiger charge is 2.22. The summed E-state index contributed by atoms with van der Waals surface area (Å²) in [6.45, 7) is 3.92. The molecule has 1 aliphatic rings. The number of likely N-dealkylation sites (tertiary alicyclic amines) is 1. The first kappa shape index (κ1) is 18.7. The van der Waals surface area contributed by atoms with Crippen LogP contribution in [0.2, 0.25) is 0 Å².